The predicted molar refractivity (Wildman–Crippen MR) is 143 cm³/mol. The Kier molecular flexibility index (Phi) is 6.40. The van der Waals surface area contributed by atoms with Gasteiger partial charge in [0.25, 0.3) is 0 Å². The van der Waals surface area contributed by atoms with Crippen molar-refractivity contribution in [3.05, 3.63) is 66.4 Å². The molecule has 2 fully saturated rings. The summed E-state index contributed by atoms with van der Waals surface area (Å²) in [7, 11) is 0. The van der Waals surface area contributed by atoms with E-state index in [9.17, 15) is 9.50 Å². The molecule has 7 nitrogen and oxygen atoms in total. The molecule has 8 heteroatoms. The van der Waals surface area contributed by atoms with E-state index in [1.54, 1.807) is 12.1 Å². The first kappa shape index (κ1) is 24.0. The summed E-state index contributed by atoms with van der Waals surface area (Å²) >= 11 is 0. The molecule has 0 spiro atoms. The van der Waals surface area contributed by atoms with Gasteiger partial charge in [-0.25, -0.2) is 14.4 Å². The number of furan rings is 1. The van der Waals surface area contributed by atoms with Crippen LogP contribution in [0.2, 0.25) is 0 Å². The molecule has 0 bridgehead atoms. The number of hydrogen-bond acceptors (Lipinski definition) is 7. The van der Waals surface area contributed by atoms with Gasteiger partial charge in [-0.3, -0.25) is 0 Å². The molecular weight excluding hydrogens is 469 g/mol. The monoisotopic (exact) mass is 501 g/mol. The maximum Gasteiger partial charge on any atom is 0.230 e. The Morgan fingerprint density at radius 2 is 1.68 bits per heavy atom. The van der Waals surface area contributed by atoms with Crippen LogP contribution in [0.1, 0.15) is 38.4 Å². The lowest BCUT2D eigenvalue weighted by Crippen LogP contribution is -2.54. The van der Waals surface area contributed by atoms with E-state index in [0.29, 0.717) is 42.9 Å². The van der Waals surface area contributed by atoms with Gasteiger partial charge in [-0.1, -0.05) is 12.1 Å². The lowest BCUT2D eigenvalue weighted by Gasteiger charge is -2.37. The number of aromatic nitrogens is 2. The molecule has 0 saturated carbocycles. The van der Waals surface area contributed by atoms with Gasteiger partial charge in [0.2, 0.25) is 5.71 Å². The first-order valence-electron chi connectivity index (χ1n) is 13.0. The molecule has 0 radical (unpaired) electrons. The molecule has 2 aromatic heterocycles. The Morgan fingerprint density at radius 3 is 2.38 bits per heavy atom. The van der Waals surface area contributed by atoms with Gasteiger partial charge in [0.05, 0.1) is 23.2 Å². The number of rotatable bonds is 4. The summed E-state index contributed by atoms with van der Waals surface area (Å²) in [6.45, 7) is 7.03. The summed E-state index contributed by atoms with van der Waals surface area (Å²) in [5, 5.41) is 18.2. The summed E-state index contributed by atoms with van der Waals surface area (Å²) < 4.78 is 20.2. The number of nitrogens with zero attached hydrogens (tertiary/aromatic N) is 3. The van der Waals surface area contributed by atoms with Gasteiger partial charge in [-0.2, -0.15) is 0 Å². The van der Waals surface area contributed by atoms with E-state index in [0.717, 1.165) is 40.9 Å². The largest absolute Gasteiger partial charge is 0.437 e. The predicted octanol–water partition coefficient (Wildman–Crippen LogP) is 4.67. The number of anilines is 1. The zero-order valence-corrected chi connectivity index (χ0v) is 21.1. The molecule has 4 aromatic rings. The summed E-state index contributed by atoms with van der Waals surface area (Å²) in [5.41, 5.74) is 5.03. The Balaban J connectivity index is 1.46. The second kappa shape index (κ2) is 9.85. The van der Waals surface area contributed by atoms with Crippen molar-refractivity contribution in [1.82, 2.24) is 20.6 Å². The quantitative estimate of drug-likeness (QED) is 0.375. The molecule has 6 rings (SSSR count). The van der Waals surface area contributed by atoms with Crippen molar-refractivity contribution in [2.24, 2.45) is 0 Å². The standard InChI is InChI=1S/C29H32FN5O2/c1-17-14-35(15-18(2)34-17)22-9-5-20(6-10-22)28-25(19-3-7-21(30)8-4-19)26-27(32-16-33-29(26)37-28)24-13-23(36)11-12-31-24/h3-10,16-18,23-24,31,34,36H,11-15H2,1-2H3. The van der Waals surface area contributed by atoms with E-state index in [2.05, 4.69) is 63.6 Å². The summed E-state index contributed by atoms with van der Waals surface area (Å²) in [5.74, 6) is 0.379. The van der Waals surface area contributed by atoms with Crippen LogP contribution in [0.5, 0.6) is 0 Å². The highest BCUT2D eigenvalue weighted by Crippen LogP contribution is 2.43. The number of hydrogen-bond donors (Lipinski definition) is 3. The van der Waals surface area contributed by atoms with Crippen LogP contribution in [0, 0.1) is 5.82 Å². The zero-order chi connectivity index (χ0) is 25.5. The third-order valence-corrected chi connectivity index (χ3v) is 7.41. The molecule has 4 unspecified atom stereocenters. The number of aliphatic hydroxyl groups excluding tert-OH is 1. The molecule has 0 aliphatic carbocycles. The molecule has 3 N–H and O–H groups in total. The average molecular weight is 502 g/mol. The van der Waals surface area contributed by atoms with Crippen molar-refractivity contribution in [1.29, 1.82) is 0 Å². The molecular formula is C29H32FN5O2. The molecule has 2 saturated heterocycles. The van der Waals surface area contributed by atoms with E-state index in [4.69, 9.17) is 4.42 Å². The number of nitrogens with one attached hydrogen (secondary N) is 2. The Morgan fingerprint density at radius 1 is 0.973 bits per heavy atom. The maximum atomic E-state index is 13.9. The molecule has 2 aliphatic heterocycles. The molecule has 192 valence electrons. The zero-order valence-electron chi connectivity index (χ0n) is 21.1. The fourth-order valence-corrected chi connectivity index (χ4v) is 5.78. The second-order valence-electron chi connectivity index (χ2n) is 10.4. The van der Waals surface area contributed by atoms with Gasteiger partial charge in [0.15, 0.2) is 0 Å². The molecule has 4 atom stereocenters. The van der Waals surface area contributed by atoms with E-state index >= 15 is 0 Å². The highest BCUT2D eigenvalue weighted by Gasteiger charge is 2.29. The smallest absolute Gasteiger partial charge is 0.230 e. The van der Waals surface area contributed by atoms with Crippen LogP contribution >= 0.6 is 0 Å². The molecule has 4 heterocycles. The molecule has 2 aromatic carbocycles. The second-order valence-corrected chi connectivity index (χ2v) is 10.4. The van der Waals surface area contributed by atoms with Gasteiger partial charge in [0, 0.05) is 42.0 Å². The van der Waals surface area contributed by atoms with E-state index < -0.39 is 0 Å². The lowest BCUT2D eigenvalue weighted by atomic mass is 9.93. The topological polar surface area (TPSA) is 86.5 Å². The molecule has 2 aliphatic rings. The highest BCUT2D eigenvalue weighted by molar-refractivity contribution is 6.02. The van der Waals surface area contributed by atoms with E-state index in [1.807, 2.05) is 0 Å². The molecule has 0 amide bonds. The Labute approximate surface area is 215 Å². The van der Waals surface area contributed by atoms with Gasteiger partial charge in [-0.05, 0) is 75.2 Å². The Hall–Kier alpha value is -3.33. The van der Waals surface area contributed by atoms with Crippen LogP contribution in [0.15, 0.2) is 59.3 Å². The van der Waals surface area contributed by atoms with Gasteiger partial charge in [-0.15, -0.1) is 0 Å². The normalized spacial score (nSPS) is 24.5. The maximum absolute atomic E-state index is 13.9. The SMILES string of the molecule is CC1CN(c2ccc(-c3oc4ncnc(C5CC(O)CCN5)c4c3-c3ccc(F)cc3)cc2)CC(C)N1. The molecule has 37 heavy (non-hydrogen) atoms. The number of halogens is 1. The lowest BCUT2D eigenvalue weighted by molar-refractivity contribution is 0.116. The van der Waals surface area contributed by atoms with Crippen LogP contribution in [0.25, 0.3) is 33.6 Å². The van der Waals surface area contributed by atoms with E-state index in [1.165, 1.54) is 24.1 Å². The minimum atomic E-state index is -0.389. The van der Waals surface area contributed by atoms with Crippen molar-refractivity contribution in [3.63, 3.8) is 0 Å². The number of fused-ring (bicyclic) bond motifs is 1. The number of piperidine rings is 1. The first-order valence-corrected chi connectivity index (χ1v) is 13.0. The fourth-order valence-electron chi connectivity index (χ4n) is 5.78. The van der Waals surface area contributed by atoms with Gasteiger partial charge < -0.3 is 25.1 Å². The first-order chi connectivity index (χ1) is 18.0. The third-order valence-electron chi connectivity index (χ3n) is 7.41. The van der Waals surface area contributed by atoms with Crippen molar-refractivity contribution in [2.45, 2.75) is 50.9 Å². The summed E-state index contributed by atoms with van der Waals surface area (Å²) in [6.07, 6.45) is 2.40. The minimum absolute atomic E-state index is 0.127. The van der Waals surface area contributed by atoms with Gasteiger partial charge in [0.1, 0.15) is 17.9 Å². The average Bonchev–Trinajstić information content (AvgIpc) is 3.28. The highest BCUT2D eigenvalue weighted by atomic mass is 19.1. The van der Waals surface area contributed by atoms with Crippen molar-refractivity contribution < 1.29 is 13.9 Å². The van der Waals surface area contributed by atoms with Crippen LogP contribution < -0.4 is 15.5 Å². The number of aliphatic hydroxyl groups is 1. The van der Waals surface area contributed by atoms with Crippen molar-refractivity contribution in [2.75, 3.05) is 24.5 Å². The van der Waals surface area contributed by atoms with Crippen LogP contribution in [-0.2, 0) is 0 Å². The van der Waals surface area contributed by atoms with E-state index in [-0.39, 0.29) is 18.0 Å². The third kappa shape index (κ3) is 4.72. The summed E-state index contributed by atoms with van der Waals surface area (Å²) in [6, 6.07) is 15.6. The number of benzene rings is 2. The van der Waals surface area contributed by atoms with Crippen LogP contribution in [0.3, 0.4) is 0 Å². The Bertz CT molecular complexity index is 1380. The summed E-state index contributed by atoms with van der Waals surface area (Å²) in [4.78, 5) is 11.5. The minimum Gasteiger partial charge on any atom is -0.437 e. The van der Waals surface area contributed by atoms with Crippen molar-refractivity contribution >= 4 is 16.8 Å². The van der Waals surface area contributed by atoms with Crippen molar-refractivity contribution in [3.8, 4) is 22.5 Å². The van der Waals surface area contributed by atoms with Crippen LogP contribution in [0.4, 0.5) is 10.1 Å². The number of piperazine rings is 1. The van der Waals surface area contributed by atoms with Gasteiger partial charge >= 0.3 is 0 Å². The fraction of sp³-hybridized carbons (Fsp3) is 0.379. The van der Waals surface area contributed by atoms with Crippen LogP contribution in [-0.4, -0.2) is 52.9 Å².